The molecule has 0 saturated carbocycles. The van der Waals surface area contributed by atoms with Crippen LogP contribution in [-0.2, 0) is 19.1 Å². The van der Waals surface area contributed by atoms with Gasteiger partial charge < -0.3 is 19.1 Å². The quantitative estimate of drug-likeness (QED) is 0.480. The first-order chi connectivity index (χ1) is 9.58. The van der Waals surface area contributed by atoms with Crippen molar-refractivity contribution in [3.05, 3.63) is 0 Å². The highest BCUT2D eigenvalue weighted by atomic mass is 16.5. The van der Waals surface area contributed by atoms with E-state index in [1.54, 1.807) is 0 Å². The summed E-state index contributed by atoms with van der Waals surface area (Å²) in [5, 5.41) is 0. The molecule has 0 aromatic heterocycles. The minimum Gasteiger partial charge on any atom is -0.376 e. The van der Waals surface area contributed by atoms with E-state index < -0.39 is 0 Å². The fraction of sp³-hybridized carbons (Fsp3) is 0.882. The first-order valence-corrected chi connectivity index (χ1v) is 7.74. The van der Waals surface area contributed by atoms with Crippen molar-refractivity contribution in [1.29, 1.82) is 0 Å². The van der Waals surface area contributed by atoms with E-state index in [0.29, 0.717) is 19.6 Å². The molecule has 126 valence electrons. The summed E-state index contributed by atoms with van der Waals surface area (Å²) in [6, 6.07) is 0. The zero-order valence-electron chi connectivity index (χ0n) is 14.9. The maximum atomic E-state index is 10.1. The molecule has 0 aromatic carbocycles. The van der Waals surface area contributed by atoms with Crippen LogP contribution in [0.1, 0.15) is 67.7 Å². The molecule has 1 unspecified atom stereocenters. The van der Waals surface area contributed by atoms with Gasteiger partial charge in [0.05, 0.1) is 17.8 Å². The second-order valence-electron chi connectivity index (χ2n) is 6.81. The summed E-state index contributed by atoms with van der Waals surface area (Å²) in [6.45, 7) is 15.2. The molecule has 0 spiro atoms. The van der Waals surface area contributed by atoms with Crippen LogP contribution in [0.2, 0.25) is 0 Å². The molecule has 0 radical (unpaired) electrons. The van der Waals surface area contributed by atoms with E-state index >= 15 is 0 Å². The lowest BCUT2D eigenvalue weighted by Crippen LogP contribution is -2.23. The van der Waals surface area contributed by atoms with Crippen LogP contribution in [0.15, 0.2) is 0 Å². The Hall–Kier alpha value is -0.740. The van der Waals surface area contributed by atoms with Gasteiger partial charge in [-0.25, -0.2) is 0 Å². The molecular weight excluding hydrogens is 268 g/mol. The lowest BCUT2D eigenvalue weighted by Gasteiger charge is -2.23. The van der Waals surface area contributed by atoms with E-state index in [2.05, 4.69) is 20.8 Å². The summed E-state index contributed by atoms with van der Waals surface area (Å²) in [5.41, 5.74) is -0.153. The summed E-state index contributed by atoms with van der Waals surface area (Å²) in [5.74, 6) is 0.0132. The third kappa shape index (κ3) is 19.3. The van der Waals surface area contributed by atoms with E-state index in [4.69, 9.17) is 9.47 Å². The van der Waals surface area contributed by atoms with Crippen molar-refractivity contribution >= 4 is 12.6 Å². The summed E-state index contributed by atoms with van der Waals surface area (Å²) in [7, 11) is 0. The van der Waals surface area contributed by atoms with Crippen LogP contribution in [0, 0.1) is 5.92 Å². The molecular formula is C17H34O4. The van der Waals surface area contributed by atoms with Crippen LogP contribution in [0.5, 0.6) is 0 Å². The summed E-state index contributed by atoms with van der Waals surface area (Å²) >= 11 is 0. The van der Waals surface area contributed by atoms with Gasteiger partial charge in [-0.2, -0.15) is 0 Å². The first-order valence-electron chi connectivity index (χ1n) is 7.74. The molecule has 0 aromatic rings. The van der Waals surface area contributed by atoms with Gasteiger partial charge in [-0.15, -0.1) is 0 Å². The maximum absolute atomic E-state index is 10.1. The van der Waals surface area contributed by atoms with E-state index in [9.17, 15) is 9.59 Å². The lowest BCUT2D eigenvalue weighted by atomic mass is 10.1. The SMILES string of the molecule is CC(C=O)COC(C)(C)C.CCC(C)(C)OCCCC=O. The number of carbonyl (C=O) groups excluding carboxylic acids is 2. The van der Waals surface area contributed by atoms with Crippen molar-refractivity contribution in [3.63, 3.8) is 0 Å². The third-order valence-corrected chi connectivity index (χ3v) is 2.82. The van der Waals surface area contributed by atoms with Gasteiger partial charge in [0, 0.05) is 18.9 Å². The van der Waals surface area contributed by atoms with Crippen LogP contribution in [0.4, 0.5) is 0 Å². The monoisotopic (exact) mass is 302 g/mol. The molecule has 0 heterocycles. The largest absolute Gasteiger partial charge is 0.376 e. The van der Waals surface area contributed by atoms with Crippen molar-refractivity contribution in [1.82, 2.24) is 0 Å². The van der Waals surface area contributed by atoms with Gasteiger partial charge in [-0.1, -0.05) is 13.8 Å². The van der Waals surface area contributed by atoms with Crippen molar-refractivity contribution in [3.8, 4) is 0 Å². The molecule has 0 fully saturated rings. The first kappa shape index (κ1) is 22.5. The molecule has 0 bridgehead atoms. The third-order valence-electron chi connectivity index (χ3n) is 2.82. The molecule has 0 aliphatic heterocycles. The summed E-state index contributed by atoms with van der Waals surface area (Å²) < 4.78 is 10.9. The van der Waals surface area contributed by atoms with Crippen molar-refractivity contribution in [2.24, 2.45) is 5.92 Å². The highest BCUT2D eigenvalue weighted by molar-refractivity contribution is 5.52. The van der Waals surface area contributed by atoms with Gasteiger partial charge in [0.25, 0.3) is 0 Å². The van der Waals surface area contributed by atoms with Crippen LogP contribution in [-0.4, -0.2) is 37.0 Å². The van der Waals surface area contributed by atoms with Gasteiger partial charge in [0.15, 0.2) is 0 Å². The Balaban J connectivity index is 0. The van der Waals surface area contributed by atoms with Crippen LogP contribution in [0.3, 0.4) is 0 Å². The zero-order valence-corrected chi connectivity index (χ0v) is 14.9. The highest BCUT2D eigenvalue weighted by Crippen LogP contribution is 2.13. The Kier molecular flexibility index (Phi) is 12.7. The van der Waals surface area contributed by atoms with Gasteiger partial charge in [0.2, 0.25) is 0 Å². The number of aldehydes is 2. The van der Waals surface area contributed by atoms with Crippen LogP contribution >= 0.6 is 0 Å². The van der Waals surface area contributed by atoms with E-state index in [-0.39, 0.29) is 17.1 Å². The fourth-order valence-corrected chi connectivity index (χ4v) is 1.04. The lowest BCUT2D eigenvalue weighted by molar-refractivity contribution is -0.114. The maximum Gasteiger partial charge on any atom is 0.125 e. The van der Waals surface area contributed by atoms with Gasteiger partial charge >= 0.3 is 0 Å². The molecule has 4 heteroatoms. The van der Waals surface area contributed by atoms with E-state index in [1.807, 2.05) is 27.7 Å². The van der Waals surface area contributed by atoms with Gasteiger partial charge in [0.1, 0.15) is 12.6 Å². The highest BCUT2D eigenvalue weighted by Gasteiger charge is 2.14. The Morgan fingerprint density at radius 3 is 2.00 bits per heavy atom. The van der Waals surface area contributed by atoms with Gasteiger partial charge in [-0.05, 0) is 47.5 Å². The molecule has 0 rings (SSSR count). The fourth-order valence-electron chi connectivity index (χ4n) is 1.04. The minimum absolute atomic E-state index is 0.0132. The van der Waals surface area contributed by atoms with Crippen LogP contribution in [0.25, 0.3) is 0 Å². The average molecular weight is 302 g/mol. The molecule has 0 aliphatic rings. The number of ether oxygens (including phenoxy) is 2. The number of hydrogen-bond acceptors (Lipinski definition) is 4. The molecule has 0 saturated heterocycles. The second kappa shape index (κ2) is 11.9. The Labute approximate surface area is 130 Å². The van der Waals surface area contributed by atoms with Crippen LogP contribution < -0.4 is 0 Å². The zero-order chi connectivity index (χ0) is 16.9. The molecule has 21 heavy (non-hydrogen) atoms. The summed E-state index contributed by atoms with van der Waals surface area (Å²) in [4.78, 5) is 20.1. The topological polar surface area (TPSA) is 52.6 Å². The Morgan fingerprint density at radius 1 is 1.05 bits per heavy atom. The molecule has 0 N–H and O–H groups in total. The molecule has 4 nitrogen and oxygen atoms in total. The summed E-state index contributed by atoms with van der Waals surface area (Å²) in [6.07, 6.45) is 4.30. The van der Waals surface area contributed by atoms with E-state index in [1.165, 1.54) is 0 Å². The Morgan fingerprint density at radius 2 is 1.62 bits per heavy atom. The van der Waals surface area contributed by atoms with Crippen molar-refractivity contribution < 1.29 is 19.1 Å². The van der Waals surface area contributed by atoms with E-state index in [0.717, 1.165) is 25.4 Å². The number of carbonyl (C=O) groups is 2. The number of unbranched alkanes of at least 4 members (excludes halogenated alkanes) is 1. The predicted octanol–water partition coefficient (Wildman–Crippen LogP) is 3.81. The Bertz CT molecular complexity index is 266. The van der Waals surface area contributed by atoms with Crippen molar-refractivity contribution in [2.75, 3.05) is 13.2 Å². The van der Waals surface area contributed by atoms with Gasteiger partial charge in [-0.3, -0.25) is 0 Å². The molecule has 1 atom stereocenters. The second-order valence-corrected chi connectivity index (χ2v) is 6.81. The van der Waals surface area contributed by atoms with Crippen molar-refractivity contribution in [2.45, 2.75) is 78.9 Å². The standard InChI is InChI=1S/C9H18O2.C8H16O2/c1-4-9(2,3)11-8-6-5-7-10;1-7(5-9)6-10-8(2,3)4/h7H,4-6,8H2,1-3H3;5,7H,6H2,1-4H3. The smallest absolute Gasteiger partial charge is 0.125 e. The average Bonchev–Trinajstić information content (AvgIpc) is 2.41. The predicted molar refractivity (Wildman–Crippen MR) is 86.6 cm³/mol. The minimum atomic E-state index is -0.128. The number of rotatable bonds is 9. The molecule has 0 aliphatic carbocycles. The number of hydrogen-bond donors (Lipinski definition) is 0. The normalized spacial score (nSPS) is 13.1. The molecule has 0 amide bonds.